The molecule has 0 radical (unpaired) electrons. The molecule has 0 aromatic rings. The van der Waals surface area contributed by atoms with Crippen LogP contribution in [0, 0.1) is 5.41 Å². The number of hydrogen-bond acceptors (Lipinski definition) is 4. The van der Waals surface area contributed by atoms with Gasteiger partial charge < -0.3 is 14.8 Å². The summed E-state index contributed by atoms with van der Waals surface area (Å²) in [7, 11) is 3.16. The van der Waals surface area contributed by atoms with Crippen molar-refractivity contribution >= 4 is 5.97 Å². The van der Waals surface area contributed by atoms with Crippen molar-refractivity contribution in [1.82, 2.24) is 5.32 Å². The number of carbonyl (C=O) groups excluding carboxylic acids is 1. The van der Waals surface area contributed by atoms with Crippen LogP contribution in [0.3, 0.4) is 0 Å². The Morgan fingerprint density at radius 1 is 1.31 bits per heavy atom. The summed E-state index contributed by atoms with van der Waals surface area (Å²) in [6, 6.07) is 0. The van der Waals surface area contributed by atoms with Crippen molar-refractivity contribution in [3.63, 3.8) is 0 Å². The highest BCUT2D eigenvalue weighted by molar-refractivity contribution is 5.71. The van der Waals surface area contributed by atoms with Crippen LogP contribution in [0.15, 0.2) is 0 Å². The number of esters is 1. The zero-order valence-corrected chi connectivity index (χ0v) is 10.4. The second-order valence-electron chi connectivity index (χ2n) is 4.60. The van der Waals surface area contributed by atoms with Crippen molar-refractivity contribution in [3.05, 3.63) is 0 Å². The smallest absolute Gasteiger partial charge is 0.319 e. The summed E-state index contributed by atoms with van der Waals surface area (Å²) in [6.45, 7) is 2.05. The zero-order chi connectivity index (χ0) is 11.9. The van der Waals surface area contributed by atoms with Crippen LogP contribution >= 0.6 is 0 Å². The lowest BCUT2D eigenvalue weighted by Gasteiger charge is -2.42. The van der Waals surface area contributed by atoms with E-state index in [9.17, 15) is 4.79 Å². The highest BCUT2D eigenvalue weighted by Crippen LogP contribution is 2.46. The van der Waals surface area contributed by atoms with Crippen LogP contribution < -0.4 is 5.32 Å². The SMILES string of the molecule is COCCC1(CCNCC(=O)OC)CCC1. The molecule has 94 valence electrons. The predicted octanol–water partition coefficient (Wildman–Crippen LogP) is 1.35. The van der Waals surface area contributed by atoms with Crippen LogP contribution in [0.5, 0.6) is 0 Å². The number of carbonyl (C=O) groups is 1. The molecule has 0 amide bonds. The second kappa shape index (κ2) is 6.86. The number of nitrogens with one attached hydrogen (secondary N) is 1. The van der Waals surface area contributed by atoms with Gasteiger partial charge in [-0.2, -0.15) is 0 Å². The lowest BCUT2D eigenvalue weighted by atomic mass is 9.65. The quantitative estimate of drug-likeness (QED) is 0.504. The van der Waals surface area contributed by atoms with E-state index in [0.717, 1.165) is 26.0 Å². The molecule has 4 nitrogen and oxygen atoms in total. The van der Waals surface area contributed by atoms with Crippen LogP contribution in [0.4, 0.5) is 0 Å². The Morgan fingerprint density at radius 2 is 2.06 bits per heavy atom. The third-order valence-corrected chi connectivity index (χ3v) is 3.58. The van der Waals surface area contributed by atoms with Crippen molar-refractivity contribution in [2.24, 2.45) is 5.41 Å². The molecule has 4 heteroatoms. The maximum absolute atomic E-state index is 10.9. The molecule has 0 bridgehead atoms. The molecule has 1 aliphatic rings. The summed E-state index contributed by atoms with van der Waals surface area (Å²) in [6.07, 6.45) is 6.21. The lowest BCUT2D eigenvalue weighted by Crippen LogP contribution is -2.35. The molecule has 0 aromatic carbocycles. The molecule has 0 heterocycles. The van der Waals surface area contributed by atoms with E-state index in [4.69, 9.17) is 4.74 Å². The van der Waals surface area contributed by atoms with Crippen molar-refractivity contribution in [2.75, 3.05) is 33.9 Å². The number of methoxy groups -OCH3 is 2. The number of hydrogen-bond donors (Lipinski definition) is 1. The van der Waals surface area contributed by atoms with Crippen LogP contribution in [0.1, 0.15) is 32.1 Å². The van der Waals surface area contributed by atoms with Gasteiger partial charge in [0.1, 0.15) is 0 Å². The van der Waals surface area contributed by atoms with E-state index in [-0.39, 0.29) is 5.97 Å². The van der Waals surface area contributed by atoms with Gasteiger partial charge in [-0.1, -0.05) is 6.42 Å². The fourth-order valence-electron chi connectivity index (χ4n) is 2.24. The molecular weight excluding hydrogens is 206 g/mol. The lowest BCUT2D eigenvalue weighted by molar-refractivity contribution is -0.139. The van der Waals surface area contributed by atoms with E-state index in [0.29, 0.717) is 12.0 Å². The topological polar surface area (TPSA) is 47.6 Å². The fourth-order valence-corrected chi connectivity index (χ4v) is 2.24. The van der Waals surface area contributed by atoms with Gasteiger partial charge in [-0.3, -0.25) is 4.79 Å². The van der Waals surface area contributed by atoms with Gasteiger partial charge in [0.2, 0.25) is 0 Å². The van der Waals surface area contributed by atoms with Crippen molar-refractivity contribution < 1.29 is 14.3 Å². The van der Waals surface area contributed by atoms with Crippen molar-refractivity contribution in [2.45, 2.75) is 32.1 Å². The van der Waals surface area contributed by atoms with Crippen molar-refractivity contribution in [3.8, 4) is 0 Å². The average molecular weight is 229 g/mol. The third kappa shape index (κ3) is 4.10. The molecule has 1 N–H and O–H groups in total. The molecular formula is C12H23NO3. The Hall–Kier alpha value is -0.610. The molecule has 1 rings (SSSR count). The molecule has 0 atom stereocenters. The largest absolute Gasteiger partial charge is 0.468 e. The maximum atomic E-state index is 10.9. The summed E-state index contributed by atoms with van der Waals surface area (Å²) in [5, 5.41) is 3.12. The highest BCUT2D eigenvalue weighted by atomic mass is 16.5. The van der Waals surface area contributed by atoms with Crippen LogP contribution in [0.25, 0.3) is 0 Å². The van der Waals surface area contributed by atoms with Crippen LogP contribution in [-0.2, 0) is 14.3 Å². The van der Waals surface area contributed by atoms with Gasteiger partial charge in [0.15, 0.2) is 0 Å². The van der Waals surface area contributed by atoms with Gasteiger partial charge >= 0.3 is 5.97 Å². The summed E-state index contributed by atoms with van der Waals surface area (Å²) >= 11 is 0. The summed E-state index contributed by atoms with van der Waals surface area (Å²) < 4.78 is 9.71. The first-order chi connectivity index (χ1) is 7.72. The fraction of sp³-hybridized carbons (Fsp3) is 0.917. The molecule has 0 spiro atoms. The van der Waals surface area contributed by atoms with E-state index in [1.807, 2.05) is 0 Å². The first-order valence-corrected chi connectivity index (χ1v) is 5.99. The third-order valence-electron chi connectivity index (χ3n) is 3.58. The molecule has 16 heavy (non-hydrogen) atoms. The minimum Gasteiger partial charge on any atom is -0.468 e. The van der Waals surface area contributed by atoms with E-state index >= 15 is 0 Å². The minimum atomic E-state index is -0.195. The maximum Gasteiger partial charge on any atom is 0.319 e. The van der Waals surface area contributed by atoms with Gasteiger partial charge in [-0.25, -0.2) is 0 Å². The Labute approximate surface area is 97.7 Å². The molecule has 0 saturated heterocycles. The van der Waals surface area contributed by atoms with Crippen LogP contribution in [0.2, 0.25) is 0 Å². The van der Waals surface area contributed by atoms with Crippen LogP contribution in [-0.4, -0.2) is 39.9 Å². The zero-order valence-electron chi connectivity index (χ0n) is 10.4. The number of rotatable bonds is 8. The van der Waals surface area contributed by atoms with Gasteiger partial charge in [0.25, 0.3) is 0 Å². The molecule has 1 fully saturated rings. The summed E-state index contributed by atoms with van der Waals surface area (Å²) in [5.41, 5.74) is 0.471. The minimum absolute atomic E-state index is 0.195. The van der Waals surface area contributed by atoms with Gasteiger partial charge in [-0.05, 0) is 37.6 Å². The van der Waals surface area contributed by atoms with E-state index in [2.05, 4.69) is 10.1 Å². The Kier molecular flexibility index (Phi) is 5.77. The molecule has 1 aliphatic carbocycles. The van der Waals surface area contributed by atoms with E-state index in [1.165, 1.54) is 26.4 Å². The molecule has 0 aromatic heterocycles. The molecule has 1 saturated carbocycles. The number of ether oxygens (including phenoxy) is 2. The van der Waals surface area contributed by atoms with Gasteiger partial charge in [-0.15, -0.1) is 0 Å². The normalized spacial score (nSPS) is 17.9. The Morgan fingerprint density at radius 3 is 2.56 bits per heavy atom. The summed E-state index contributed by atoms with van der Waals surface area (Å²) in [5.74, 6) is -0.195. The van der Waals surface area contributed by atoms with E-state index in [1.54, 1.807) is 7.11 Å². The van der Waals surface area contributed by atoms with Gasteiger partial charge in [0, 0.05) is 13.7 Å². The summed E-state index contributed by atoms with van der Waals surface area (Å²) in [4.78, 5) is 10.9. The van der Waals surface area contributed by atoms with Crippen molar-refractivity contribution in [1.29, 1.82) is 0 Å². The first-order valence-electron chi connectivity index (χ1n) is 5.99. The molecule has 0 aliphatic heterocycles. The van der Waals surface area contributed by atoms with E-state index < -0.39 is 0 Å². The van der Waals surface area contributed by atoms with Gasteiger partial charge in [0.05, 0.1) is 13.7 Å². The Bertz CT molecular complexity index is 214. The second-order valence-corrected chi connectivity index (χ2v) is 4.60. The highest BCUT2D eigenvalue weighted by Gasteiger charge is 2.35. The standard InChI is InChI=1S/C12H23NO3/c1-15-9-7-12(4-3-5-12)6-8-13-10-11(14)16-2/h13H,3-10H2,1-2H3. The average Bonchev–Trinajstić information content (AvgIpc) is 2.25. The first kappa shape index (κ1) is 13.5. The Balaban J connectivity index is 2.11. The molecule has 0 unspecified atom stereocenters. The monoisotopic (exact) mass is 229 g/mol. The predicted molar refractivity (Wildman–Crippen MR) is 62.3 cm³/mol.